The van der Waals surface area contributed by atoms with E-state index in [9.17, 15) is 9.50 Å². The van der Waals surface area contributed by atoms with E-state index in [1.807, 2.05) is 18.2 Å². The summed E-state index contributed by atoms with van der Waals surface area (Å²) in [5, 5.41) is 11.7. The Kier molecular flexibility index (Phi) is 4.51. The smallest absolute Gasteiger partial charge is 0.131 e. The fourth-order valence-corrected chi connectivity index (χ4v) is 2.40. The number of nitrogens with zero attached hydrogens (tertiary/aromatic N) is 1. The molecule has 0 heterocycles. The van der Waals surface area contributed by atoms with Crippen LogP contribution in [0.3, 0.4) is 0 Å². The molecular weight excluding hydrogens is 241 g/mol. The fraction of sp³-hybridized carbons (Fsp3) is 0.375. The predicted molar refractivity (Wildman–Crippen MR) is 76.7 cm³/mol. The van der Waals surface area contributed by atoms with E-state index in [-0.39, 0.29) is 5.82 Å². The second kappa shape index (κ2) is 6.13. The van der Waals surface area contributed by atoms with Gasteiger partial charge in [0.05, 0.1) is 6.10 Å². The van der Waals surface area contributed by atoms with Crippen molar-refractivity contribution in [2.75, 3.05) is 19.6 Å². The normalized spacial score (nSPS) is 13.1. The number of aliphatic hydroxyl groups excluding tert-OH is 1. The van der Waals surface area contributed by atoms with Crippen molar-refractivity contribution in [3.8, 4) is 0 Å². The van der Waals surface area contributed by atoms with Crippen molar-refractivity contribution in [2.45, 2.75) is 20.0 Å². The molecule has 2 nitrogen and oxygen atoms in total. The maximum absolute atomic E-state index is 13.7. The third kappa shape index (κ3) is 2.94. The third-order valence-electron chi connectivity index (χ3n) is 3.59. The number of fused-ring (bicyclic) bond motifs is 1. The van der Waals surface area contributed by atoms with Crippen molar-refractivity contribution in [1.29, 1.82) is 0 Å². The van der Waals surface area contributed by atoms with Gasteiger partial charge in [0.15, 0.2) is 0 Å². The highest BCUT2D eigenvalue weighted by atomic mass is 19.1. The Morgan fingerprint density at radius 2 is 1.68 bits per heavy atom. The van der Waals surface area contributed by atoms with Gasteiger partial charge in [-0.2, -0.15) is 0 Å². The SMILES string of the molecule is CCN(CC)CC(O)c1ccc(F)c2ccccc12. The molecule has 0 spiro atoms. The molecule has 19 heavy (non-hydrogen) atoms. The van der Waals surface area contributed by atoms with Gasteiger partial charge < -0.3 is 10.0 Å². The summed E-state index contributed by atoms with van der Waals surface area (Å²) in [4.78, 5) is 2.16. The summed E-state index contributed by atoms with van der Waals surface area (Å²) in [5.41, 5.74) is 0.795. The molecule has 0 aliphatic heterocycles. The zero-order valence-corrected chi connectivity index (χ0v) is 11.4. The zero-order chi connectivity index (χ0) is 13.8. The van der Waals surface area contributed by atoms with Gasteiger partial charge in [-0.05, 0) is 30.1 Å². The minimum Gasteiger partial charge on any atom is -0.387 e. The molecule has 0 saturated heterocycles. The van der Waals surface area contributed by atoms with Gasteiger partial charge in [-0.25, -0.2) is 4.39 Å². The lowest BCUT2D eigenvalue weighted by molar-refractivity contribution is 0.120. The minimum atomic E-state index is -0.592. The fourth-order valence-electron chi connectivity index (χ4n) is 2.40. The summed E-state index contributed by atoms with van der Waals surface area (Å²) in [7, 11) is 0. The number of hydrogen-bond donors (Lipinski definition) is 1. The van der Waals surface area contributed by atoms with Crippen LogP contribution < -0.4 is 0 Å². The zero-order valence-electron chi connectivity index (χ0n) is 11.4. The van der Waals surface area contributed by atoms with Gasteiger partial charge in [-0.3, -0.25) is 0 Å². The van der Waals surface area contributed by atoms with Gasteiger partial charge >= 0.3 is 0 Å². The van der Waals surface area contributed by atoms with Crippen molar-refractivity contribution in [1.82, 2.24) is 4.90 Å². The Balaban J connectivity index is 2.37. The van der Waals surface area contributed by atoms with E-state index in [0.717, 1.165) is 24.0 Å². The number of aliphatic hydroxyl groups is 1. The first-order valence-electron chi connectivity index (χ1n) is 6.75. The number of likely N-dealkylation sites (N-methyl/N-ethyl adjacent to an activating group) is 1. The number of halogens is 1. The second-order valence-corrected chi connectivity index (χ2v) is 4.68. The largest absolute Gasteiger partial charge is 0.387 e. The minimum absolute atomic E-state index is 0.241. The molecule has 1 unspecified atom stereocenters. The van der Waals surface area contributed by atoms with Gasteiger partial charge in [0.25, 0.3) is 0 Å². The molecule has 0 aliphatic rings. The lowest BCUT2D eigenvalue weighted by Crippen LogP contribution is -2.28. The monoisotopic (exact) mass is 261 g/mol. The molecule has 0 bridgehead atoms. The van der Waals surface area contributed by atoms with E-state index in [1.165, 1.54) is 6.07 Å². The Morgan fingerprint density at radius 1 is 1.05 bits per heavy atom. The highest BCUT2D eigenvalue weighted by Crippen LogP contribution is 2.26. The summed E-state index contributed by atoms with van der Waals surface area (Å²) in [6.07, 6.45) is -0.592. The average Bonchev–Trinajstić information content (AvgIpc) is 2.45. The van der Waals surface area contributed by atoms with Crippen molar-refractivity contribution in [3.05, 3.63) is 47.8 Å². The Bertz CT molecular complexity index is 551. The molecule has 0 fully saturated rings. The summed E-state index contributed by atoms with van der Waals surface area (Å²) in [5.74, 6) is -0.241. The van der Waals surface area contributed by atoms with Crippen LogP contribution in [0.5, 0.6) is 0 Å². The van der Waals surface area contributed by atoms with Crippen LogP contribution in [0.25, 0.3) is 10.8 Å². The topological polar surface area (TPSA) is 23.5 Å². The molecule has 1 N–H and O–H groups in total. The maximum Gasteiger partial charge on any atom is 0.131 e. The van der Waals surface area contributed by atoms with Crippen molar-refractivity contribution >= 4 is 10.8 Å². The quantitative estimate of drug-likeness (QED) is 0.892. The molecule has 0 radical (unpaired) electrons. The van der Waals surface area contributed by atoms with Crippen LogP contribution in [0.4, 0.5) is 4.39 Å². The van der Waals surface area contributed by atoms with E-state index < -0.39 is 6.10 Å². The van der Waals surface area contributed by atoms with E-state index in [4.69, 9.17) is 0 Å². The molecule has 2 aromatic carbocycles. The average molecular weight is 261 g/mol. The number of rotatable bonds is 5. The van der Waals surface area contributed by atoms with Gasteiger partial charge in [0.1, 0.15) is 5.82 Å². The van der Waals surface area contributed by atoms with E-state index in [1.54, 1.807) is 12.1 Å². The first-order chi connectivity index (χ1) is 9.17. The Labute approximate surface area is 113 Å². The second-order valence-electron chi connectivity index (χ2n) is 4.68. The predicted octanol–water partition coefficient (Wildman–Crippen LogP) is 3.35. The van der Waals surface area contributed by atoms with Gasteiger partial charge in [0.2, 0.25) is 0 Å². The molecule has 2 rings (SSSR count). The van der Waals surface area contributed by atoms with Crippen LogP contribution in [-0.2, 0) is 0 Å². The van der Waals surface area contributed by atoms with Crippen LogP contribution in [0.15, 0.2) is 36.4 Å². The number of benzene rings is 2. The van der Waals surface area contributed by atoms with Crippen LogP contribution in [0.2, 0.25) is 0 Å². The third-order valence-corrected chi connectivity index (χ3v) is 3.59. The number of hydrogen-bond acceptors (Lipinski definition) is 2. The van der Waals surface area contributed by atoms with E-state index in [2.05, 4.69) is 18.7 Å². The summed E-state index contributed by atoms with van der Waals surface area (Å²) < 4.78 is 13.7. The van der Waals surface area contributed by atoms with Crippen LogP contribution in [0.1, 0.15) is 25.5 Å². The van der Waals surface area contributed by atoms with Crippen LogP contribution in [0, 0.1) is 5.82 Å². The highest BCUT2D eigenvalue weighted by Gasteiger charge is 2.15. The van der Waals surface area contributed by atoms with Gasteiger partial charge in [-0.15, -0.1) is 0 Å². The lowest BCUT2D eigenvalue weighted by Gasteiger charge is -2.23. The van der Waals surface area contributed by atoms with Crippen molar-refractivity contribution < 1.29 is 9.50 Å². The highest BCUT2D eigenvalue weighted by molar-refractivity contribution is 5.86. The molecule has 102 valence electrons. The van der Waals surface area contributed by atoms with Gasteiger partial charge in [-0.1, -0.05) is 44.2 Å². The van der Waals surface area contributed by atoms with E-state index >= 15 is 0 Å². The lowest BCUT2D eigenvalue weighted by atomic mass is 9.99. The first-order valence-corrected chi connectivity index (χ1v) is 6.75. The molecule has 0 aromatic heterocycles. The van der Waals surface area contributed by atoms with Crippen LogP contribution in [-0.4, -0.2) is 29.6 Å². The van der Waals surface area contributed by atoms with Crippen molar-refractivity contribution in [2.24, 2.45) is 0 Å². The van der Waals surface area contributed by atoms with Crippen LogP contribution >= 0.6 is 0 Å². The summed E-state index contributed by atoms with van der Waals surface area (Å²) in [6, 6.07) is 10.4. The molecule has 2 aromatic rings. The summed E-state index contributed by atoms with van der Waals surface area (Å²) >= 11 is 0. The molecule has 3 heteroatoms. The molecule has 1 atom stereocenters. The Hall–Kier alpha value is -1.45. The molecular formula is C16H20FNO. The summed E-state index contributed by atoms with van der Waals surface area (Å²) in [6.45, 7) is 6.50. The molecule has 0 aliphatic carbocycles. The Morgan fingerprint density at radius 3 is 2.32 bits per heavy atom. The van der Waals surface area contributed by atoms with Gasteiger partial charge in [0, 0.05) is 11.9 Å². The van der Waals surface area contributed by atoms with Crippen molar-refractivity contribution in [3.63, 3.8) is 0 Å². The molecule has 0 saturated carbocycles. The molecule has 0 amide bonds. The first kappa shape index (κ1) is 14.0. The standard InChI is InChI=1S/C16H20FNO/c1-3-18(4-2)11-16(19)14-9-10-15(17)13-8-6-5-7-12(13)14/h5-10,16,19H,3-4,11H2,1-2H3. The van der Waals surface area contributed by atoms with E-state index in [0.29, 0.717) is 11.9 Å². The maximum atomic E-state index is 13.7.